The third kappa shape index (κ3) is 3.08. The van der Waals surface area contributed by atoms with Crippen LogP contribution in [0.5, 0.6) is 0 Å². The fourth-order valence-corrected chi connectivity index (χ4v) is 0.335. The molecule has 9 heavy (non-hydrogen) atoms. The second-order valence-electron chi connectivity index (χ2n) is 1.69. The quantitative estimate of drug-likeness (QED) is 0.574. The van der Waals surface area contributed by atoms with Crippen LogP contribution in [0.2, 0.25) is 0 Å². The first-order chi connectivity index (χ1) is 4.22. The molecule has 1 N–H and O–H groups in total. The van der Waals surface area contributed by atoms with E-state index in [1.54, 1.807) is 13.8 Å². The van der Waals surface area contributed by atoms with Gasteiger partial charge in [0.15, 0.2) is 0 Å². The molecule has 3 nitrogen and oxygen atoms in total. The van der Waals surface area contributed by atoms with Gasteiger partial charge in [0.25, 0.3) is 0 Å². The normalized spacial score (nSPS) is 12.8. The Balaban J connectivity index is 3.46. The highest BCUT2D eigenvalue weighted by atomic mass is 16.5. The molecule has 0 rings (SSSR count). The van der Waals surface area contributed by atoms with E-state index in [0.29, 0.717) is 6.61 Å². The molecule has 0 aromatic heterocycles. The lowest BCUT2D eigenvalue weighted by Crippen LogP contribution is -2.14. The second kappa shape index (κ2) is 4.32. The van der Waals surface area contributed by atoms with E-state index in [-0.39, 0.29) is 5.97 Å². The molecular formula is C6H11O3. The predicted octanol–water partition coefficient (Wildman–Crippen LogP) is 0.720. The van der Waals surface area contributed by atoms with Crippen LogP contribution in [0.1, 0.15) is 13.8 Å². The van der Waals surface area contributed by atoms with Crippen molar-refractivity contribution in [2.75, 3.05) is 6.61 Å². The van der Waals surface area contributed by atoms with Crippen molar-refractivity contribution in [2.24, 2.45) is 5.92 Å². The molecule has 0 aromatic rings. The molecule has 0 heterocycles. The summed E-state index contributed by atoms with van der Waals surface area (Å²) in [6.07, 6.45) is 0. The Morgan fingerprint density at radius 3 is 2.78 bits per heavy atom. The van der Waals surface area contributed by atoms with Crippen LogP contribution in [-0.2, 0) is 9.53 Å². The number of aliphatic hydroxyl groups excluding tert-OH is 1. The summed E-state index contributed by atoms with van der Waals surface area (Å²) >= 11 is 0. The Kier molecular flexibility index (Phi) is 4.05. The molecule has 0 aromatic carbocycles. The number of carbonyl (C=O) groups excluding carboxylic acids is 1. The topological polar surface area (TPSA) is 46.5 Å². The number of aliphatic hydroxyl groups is 1. The fraction of sp³-hybridized carbons (Fsp3) is 0.667. The zero-order chi connectivity index (χ0) is 7.28. The maximum atomic E-state index is 10.6. The molecule has 1 unspecified atom stereocenters. The molecule has 0 spiro atoms. The second-order valence-corrected chi connectivity index (χ2v) is 1.69. The summed E-state index contributed by atoms with van der Waals surface area (Å²) < 4.78 is 4.56. The minimum absolute atomic E-state index is 0.358. The maximum absolute atomic E-state index is 10.6. The molecule has 1 radical (unpaired) electrons. The number of rotatable bonds is 3. The van der Waals surface area contributed by atoms with Crippen LogP contribution in [0.15, 0.2) is 0 Å². The van der Waals surface area contributed by atoms with Gasteiger partial charge in [-0.2, -0.15) is 0 Å². The van der Waals surface area contributed by atoms with Gasteiger partial charge < -0.3 is 9.84 Å². The van der Waals surface area contributed by atoms with Gasteiger partial charge in [-0.25, -0.2) is 0 Å². The first-order valence-electron chi connectivity index (χ1n) is 2.86. The average molecular weight is 131 g/mol. The van der Waals surface area contributed by atoms with Gasteiger partial charge >= 0.3 is 5.97 Å². The molecular weight excluding hydrogens is 120 g/mol. The van der Waals surface area contributed by atoms with Crippen molar-refractivity contribution < 1.29 is 14.6 Å². The number of ether oxygens (including phenoxy) is 1. The number of esters is 1. The smallest absolute Gasteiger partial charge is 0.311 e. The highest BCUT2D eigenvalue weighted by Gasteiger charge is 2.11. The summed E-state index contributed by atoms with van der Waals surface area (Å²) in [7, 11) is 0. The Bertz CT molecular complexity index is 90.3. The third-order valence-corrected chi connectivity index (χ3v) is 0.882. The van der Waals surface area contributed by atoms with Crippen LogP contribution in [0.4, 0.5) is 0 Å². The van der Waals surface area contributed by atoms with Crippen molar-refractivity contribution >= 4 is 5.97 Å². The molecule has 53 valence electrons. The lowest BCUT2D eigenvalue weighted by Gasteiger charge is -2.04. The molecule has 0 bridgehead atoms. The standard InChI is InChI=1S/C6H11O3/c1-3-9-6(8)5(2)4-7/h4-5,7H,3H2,1-2H3. The van der Waals surface area contributed by atoms with E-state index in [1.807, 2.05) is 0 Å². The van der Waals surface area contributed by atoms with E-state index in [9.17, 15) is 4.79 Å². The average Bonchev–Trinajstić information content (AvgIpc) is 1.87. The Labute approximate surface area is 54.6 Å². The SMILES string of the molecule is CCOC(=O)C(C)[CH]O. The van der Waals surface area contributed by atoms with E-state index in [4.69, 9.17) is 5.11 Å². The largest absolute Gasteiger partial charge is 0.466 e. The molecule has 0 aliphatic rings. The Morgan fingerprint density at radius 1 is 1.89 bits per heavy atom. The van der Waals surface area contributed by atoms with Crippen molar-refractivity contribution in [3.05, 3.63) is 6.61 Å². The first kappa shape index (κ1) is 8.43. The molecule has 0 amide bonds. The van der Waals surface area contributed by atoms with E-state index in [1.165, 1.54) is 0 Å². The lowest BCUT2D eigenvalue weighted by atomic mass is 10.2. The monoisotopic (exact) mass is 131 g/mol. The van der Waals surface area contributed by atoms with Crippen molar-refractivity contribution in [1.82, 2.24) is 0 Å². The third-order valence-electron chi connectivity index (χ3n) is 0.882. The van der Waals surface area contributed by atoms with Gasteiger partial charge in [-0.15, -0.1) is 0 Å². The number of hydrogen-bond donors (Lipinski definition) is 1. The summed E-state index contributed by atoms with van der Waals surface area (Å²) in [6.45, 7) is 4.47. The first-order valence-corrected chi connectivity index (χ1v) is 2.86. The molecule has 3 heteroatoms. The number of carbonyl (C=O) groups is 1. The molecule has 0 fully saturated rings. The van der Waals surface area contributed by atoms with Crippen molar-refractivity contribution in [1.29, 1.82) is 0 Å². The van der Waals surface area contributed by atoms with Gasteiger partial charge in [0.2, 0.25) is 0 Å². The highest BCUT2D eigenvalue weighted by molar-refractivity contribution is 5.72. The number of hydrogen-bond acceptors (Lipinski definition) is 3. The zero-order valence-corrected chi connectivity index (χ0v) is 5.63. The van der Waals surface area contributed by atoms with Gasteiger partial charge in [-0.3, -0.25) is 4.79 Å². The highest BCUT2D eigenvalue weighted by Crippen LogP contribution is 1.99. The van der Waals surface area contributed by atoms with Gasteiger partial charge in [0.05, 0.1) is 19.1 Å². The van der Waals surface area contributed by atoms with Crippen LogP contribution in [0.25, 0.3) is 0 Å². The van der Waals surface area contributed by atoms with Crippen molar-refractivity contribution in [2.45, 2.75) is 13.8 Å². The van der Waals surface area contributed by atoms with E-state index in [0.717, 1.165) is 6.61 Å². The Hall–Kier alpha value is -0.570. The summed E-state index contributed by atoms with van der Waals surface area (Å²) in [5.41, 5.74) is 0. The van der Waals surface area contributed by atoms with E-state index < -0.39 is 5.92 Å². The summed E-state index contributed by atoms with van der Waals surface area (Å²) in [4.78, 5) is 10.6. The zero-order valence-electron chi connectivity index (χ0n) is 5.63. The van der Waals surface area contributed by atoms with Crippen molar-refractivity contribution in [3.63, 3.8) is 0 Å². The minimum Gasteiger partial charge on any atom is -0.466 e. The Morgan fingerprint density at radius 2 is 2.44 bits per heavy atom. The van der Waals surface area contributed by atoms with Gasteiger partial charge in [-0.1, -0.05) is 0 Å². The molecule has 0 aliphatic heterocycles. The van der Waals surface area contributed by atoms with Gasteiger partial charge in [0, 0.05) is 0 Å². The molecule has 1 atom stereocenters. The van der Waals surface area contributed by atoms with Crippen LogP contribution in [0, 0.1) is 12.5 Å². The summed E-state index contributed by atoms with van der Waals surface area (Å²) in [5, 5.41) is 8.31. The maximum Gasteiger partial charge on any atom is 0.311 e. The lowest BCUT2D eigenvalue weighted by molar-refractivity contribution is -0.147. The van der Waals surface area contributed by atoms with Crippen molar-refractivity contribution in [3.8, 4) is 0 Å². The van der Waals surface area contributed by atoms with E-state index >= 15 is 0 Å². The van der Waals surface area contributed by atoms with Gasteiger partial charge in [-0.05, 0) is 13.8 Å². The van der Waals surface area contributed by atoms with Crippen LogP contribution >= 0.6 is 0 Å². The summed E-state index contributed by atoms with van der Waals surface area (Å²) in [5.74, 6) is -0.898. The van der Waals surface area contributed by atoms with Crippen LogP contribution in [0.3, 0.4) is 0 Å². The van der Waals surface area contributed by atoms with Crippen LogP contribution in [-0.4, -0.2) is 17.7 Å². The molecule has 0 saturated heterocycles. The van der Waals surface area contributed by atoms with Gasteiger partial charge in [0.1, 0.15) is 0 Å². The molecule has 0 aliphatic carbocycles. The van der Waals surface area contributed by atoms with Crippen LogP contribution < -0.4 is 0 Å². The summed E-state index contributed by atoms with van der Waals surface area (Å²) in [6, 6.07) is 0. The minimum atomic E-state index is -0.509. The van der Waals surface area contributed by atoms with E-state index in [2.05, 4.69) is 4.74 Å². The predicted molar refractivity (Wildman–Crippen MR) is 32.0 cm³/mol. The fourth-order valence-electron chi connectivity index (χ4n) is 0.335. The molecule has 0 saturated carbocycles.